The normalized spacial score (nSPS) is 10.2. The van der Waals surface area contributed by atoms with E-state index in [-0.39, 0.29) is 12.4 Å². The van der Waals surface area contributed by atoms with Crippen LogP contribution in [-0.4, -0.2) is 0 Å². The summed E-state index contributed by atoms with van der Waals surface area (Å²) in [6, 6.07) is 3.32. The molecule has 0 atom stereocenters. The van der Waals surface area contributed by atoms with Gasteiger partial charge in [0.1, 0.15) is 5.82 Å². The van der Waals surface area contributed by atoms with Crippen LogP contribution in [0.3, 0.4) is 0 Å². The van der Waals surface area contributed by atoms with E-state index in [2.05, 4.69) is 0 Å². The first kappa shape index (κ1) is 8.21. The van der Waals surface area contributed by atoms with E-state index < -0.39 is 0 Å². The van der Waals surface area contributed by atoms with Crippen LogP contribution in [0, 0.1) is 19.7 Å². The zero-order valence-electron chi connectivity index (χ0n) is 6.82. The van der Waals surface area contributed by atoms with E-state index in [0.717, 1.165) is 11.1 Å². The van der Waals surface area contributed by atoms with Crippen LogP contribution in [0.5, 0.6) is 0 Å². The van der Waals surface area contributed by atoms with Gasteiger partial charge >= 0.3 is 0 Å². The summed E-state index contributed by atoms with van der Waals surface area (Å²) in [6.07, 6.45) is 0. The average Bonchev–Trinajstić information content (AvgIpc) is 1.97. The van der Waals surface area contributed by atoms with Crippen molar-refractivity contribution in [3.8, 4) is 0 Å². The summed E-state index contributed by atoms with van der Waals surface area (Å²) in [5.74, 6) is -0.199. The lowest BCUT2D eigenvalue weighted by Crippen LogP contribution is -2.01. The van der Waals surface area contributed by atoms with Gasteiger partial charge < -0.3 is 5.73 Å². The van der Waals surface area contributed by atoms with Crippen molar-refractivity contribution in [3.63, 3.8) is 0 Å². The van der Waals surface area contributed by atoms with Crippen LogP contribution in [0.2, 0.25) is 0 Å². The quantitative estimate of drug-likeness (QED) is 0.655. The fourth-order valence-electron chi connectivity index (χ4n) is 0.997. The van der Waals surface area contributed by atoms with Crippen LogP contribution in [0.1, 0.15) is 16.7 Å². The highest BCUT2D eigenvalue weighted by Gasteiger charge is 2.01. The molecule has 2 heteroatoms. The van der Waals surface area contributed by atoms with E-state index in [1.54, 1.807) is 6.07 Å². The Bertz CT molecular complexity index is 269. The molecule has 0 unspecified atom stereocenters. The molecule has 0 spiro atoms. The van der Waals surface area contributed by atoms with Gasteiger partial charge in [0.15, 0.2) is 0 Å². The monoisotopic (exact) mass is 153 g/mol. The van der Waals surface area contributed by atoms with E-state index in [1.807, 2.05) is 13.8 Å². The lowest BCUT2D eigenvalue weighted by molar-refractivity contribution is 0.608. The number of rotatable bonds is 1. The smallest absolute Gasteiger partial charge is 0.127 e. The summed E-state index contributed by atoms with van der Waals surface area (Å²) in [6.45, 7) is 4.11. The minimum absolute atomic E-state index is 0.199. The number of benzene rings is 1. The topological polar surface area (TPSA) is 26.0 Å². The maximum absolute atomic E-state index is 13.0. The minimum atomic E-state index is -0.199. The van der Waals surface area contributed by atoms with Gasteiger partial charge in [0.2, 0.25) is 0 Å². The van der Waals surface area contributed by atoms with Gasteiger partial charge in [0.25, 0.3) is 0 Å². The van der Waals surface area contributed by atoms with Crippen molar-refractivity contribution in [2.75, 3.05) is 0 Å². The third kappa shape index (κ3) is 1.57. The Balaban J connectivity index is 3.21. The third-order valence-corrected chi connectivity index (χ3v) is 1.88. The molecule has 0 bridgehead atoms. The van der Waals surface area contributed by atoms with Crippen LogP contribution in [-0.2, 0) is 6.54 Å². The molecule has 0 aromatic heterocycles. The molecule has 0 aliphatic carbocycles. The second kappa shape index (κ2) is 3.01. The predicted octanol–water partition coefficient (Wildman–Crippen LogP) is 1.90. The van der Waals surface area contributed by atoms with Crippen molar-refractivity contribution < 1.29 is 4.39 Å². The van der Waals surface area contributed by atoms with Crippen LogP contribution in [0.15, 0.2) is 12.1 Å². The van der Waals surface area contributed by atoms with E-state index >= 15 is 0 Å². The van der Waals surface area contributed by atoms with Crippen LogP contribution < -0.4 is 5.73 Å². The van der Waals surface area contributed by atoms with Crippen molar-refractivity contribution in [1.82, 2.24) is 0 Å². The number of hydrogen-bond donors (Lipinski definition) is 1. The summed E-state index contributed by atoms with van der Waals surface area (Å²) in [7, 11) is 0. The van der Waals surface area contributed by atoms with Gasteiger partial charge in [0, 0.05) is 12.1 Å². The molecular formula is C9H12FN. The Morgan fingerprint density at radius 2 is 1.82 bits per heavy atom. The second-order valence-electron chi connectivity index (χ2n) is 2.73. The summed E-state index contributed by atoms with van der Waals surface area (Å²) in [5.41, 5.74) is 7.98. The summed E-state index contributed by atoms with van der Waals surface area (Å²) >= 11 is 0. The van der Waals surface area contributed by atoms with E-state index in [4.69, 9.17) is 5.73 Å². The van der Waals surface area contributed by atoms with Crippen molar-refractivity contribution in [3.05, 3.63) is 34.6 Å². The minimum Gasteiger partial charge on any atom is -0.326 e. The van der Waals surface area contributed by atoms with Crippen molar-refractivity contribution in [2.45, 2.75) is 20.4 Å². The molecule has 0 saturated heterocycles. The Hall–Kier alpha value is -0.890. The third-order valence-electron chi connectivity index (χ3n) is 1.88. The first-order valence-electron chi connectivity index (χ1n) is 3.61. The molecular weight excluding hydrogens is 141 g/mol. The molecule has 0 aliphatic rings. The number of nitrogens with two attached hydrogens (primary N) is 1. The SMILES string of the molecule is Cc1cc(F)c(CN)cc1C. The highest BCUT2D eigenvalue weighted by Crippen LogP contribution is 2.13. The van der Waals surface area contributed by atoms with Gasteiger partial charge in [-0.15, -0.1) is 0 Å². The first-order valence-corrected chi connectivity index (χ1v) is 3.61. The number of halogens is 1. The molecule has 0 aliphatic heterocycles. The van der Waals surface area contributed by atoms with E-state index in [1.165, 1.54) is 6.07 Å². The van der Waals surface area contributed by atoms with Crippen LogP contribution >= 0.6 is 0 Å². The molecule has 1 aromatic carbocycles. The van der Waals surface area contributed by atoms with Crippen molar-refractivity contribution >= 4 is 0 Å². The standard InChI is InChI=1S/C9H12FN/c1-6-3-8(5-11)9(10)4-7(6)2/h3-4H,5,11H2,1-2H3. The molecule has 0 radical (unpaired) electrons. The molecule has 1 nitrogen and oxygen atoms in total. The number of aryl methyl sites for hydroxylation is 2. The zero-order chi connectivity index (χ0) is 8.43. The molecule has 2 N–H and O–H groups in total. The molecule has 0 heterocycles. The van der Waals surface area contributed by atoms with Crippen LogP contribution in [0.25, 0.3) is 0 Å². The maximum Gasteiger partial charge on any atom is 0.127 e. The lowest BCUT2D eigenvalue weighted by atomic mass is 10.1. The maximum atomic E-state index is 13.0. The summed E-state index contributed by atoms with van der Waals surface area (Å²) in [4.78, 5) is 0. The van der Waals surface area contributed by atoms with Gasteiger partial charge in [0.05, 0.1) is 0 Å². The zero-order valence-corrected chi connectivity index (χ0v) is 6.82. The molecule has 0 amide bonds. The van der Waals surface area contributed by atoms with E-state index in [9.17, 15) is 4.39 Å². The highest BCUT2D eigenvalue weighted by molar-refractivity contribution is 5.31. The Morgan fingerprint density at radius 1 is 1.27 bits per heavy atom. The van der Waals surface area contributed by atoms with Crippen molar-refractivity contribution in [2.24, 2.45) is 5.73 Å². The predicted molar refractivity (Wildman–Crippen MR) is 43.8 cm³/mol. The van der Waals surface area contributed by atoms with Gasteiger partial charge in [-0.25, -0.2) is 4.39 Å². The molecule has 0 fully saturated rings. The van der Waals surface area contributed by atoms with Crippen LogP contribution in [0.4, 0.5) is 4.39 Å². The summed E-state index contributed by atoms with van der Waals surface area (Å²) in [5, 5.41) is 0. The fourth-order valence-corrected chi connectivity index (χ4v) is 0.997. The molecule has 1 aromatic rings. The Labute approximate surface area is 66.0 Å². The molecule has 60 valence electrons. The van der Waals surface area contributed by atoms with Crippen molar-refractivity contribution in [1.29, 1.82) is 0 Å². The fraction of sp³-hybridized carbons (Fsp3) is 0.333. The number of hydrogen-bond acceptors (Lipinski definition) is 1. The largest absolute Gasteiger partial charge is 0.326 e. The highest BCUT2D eigenvalue weighted by atomic mass is 19.1. The molecule has 11 heavy (non-hydrogen) atoms. The first-order chi connectivity index (χ1) is 5.15. The lowest BCUT2D eigenvalue weighted by Gasteiger charge is -2.03. The Kier molecular flexibility index (Phi) is 2.25. The molecule has 0 saturated carbocycles. The Morgan fingerprint density at radius 3 is 2.36 bits per heavy atom. The summed E-state index contributed by atoms with van der Waals surface area (Å²) < 4.78 is 13.0. The average molecular weight is 153 g/mol. The van der Waals surface area contributed by atoms with Gasteiger partial charge in [-0.2, -0.15) is 0 Å². The van der Waals surface area contributed by atoms with Gasteiger partial charge in [-0.1, -0.05) is 6.07 Å². The second-order valence-corrected chi connectivity index (χ2v) is 2.73. The van der Waals surface area contributed by atoms with E-state index in [0.29, 0.717) is 5.56 Å². The van der Waals surface area contributed by atoms with Gasteiger partial charge in [-0.05, 0) is 31.0 Å². The molecule has 1 rings (SSSR count). The van der Waals surface area contributed by atoms with Gasteiger partial charge in [-0.3, -0.25) is 0 Å².